The molecule has 0 fully saturated rings. The van der Waals surface area contributed by atoms with E-state index in [1.807, 2.05) is 18.4 Å². The fraction of sp³-hybridized carbons (Fsp3) is 0.600. The second kappa shape index (κ2) is 4.93. The lowest BCUT2D eigenvalue weighted by Crippen LogP contribution is -2.27. The van der Waals surface area contributed by atoms with Crippen LogP contribution < -0.4 is 5.73 Å². The normalized spacial score (nSPS) is 12.9. The summed E-state index contributed by atoms with van der Waals surface area (Å²) in [7, 11) is 0. The Kier molecular flexibility index (Phi) is 3.85. The van der Waals surface area contributed by atoms with Gasteiger partial charge in [0.25, 0.3) is 0 Å². The van der Waals surface area contributed by atoms with Crippen LogP contribution in [0.25, 0.3) is 0 Å². The summed E-state index contributed by atoms with van der Waals surface area (Å²) < 4.78 is 6.71. The SMILES string of the molecule is CCOC(=O)C(N)c1nccn1C(C)C. The molecule has 1 heterocycles. The van der Waals surface area contributed by atoms with Crippen molar-refractivity contribution < 1.29 is 9.53 Å². The van der Waals surface area contributed by atoms with Gasteiger partial charge in [-0.05, 0) is 20.8 Å². The maximum absolute atomic E-state index is 11.4. The minimum absolute atomic E-state index is 0.225. The van der Waals surface area contributed by atoms with Crippen LogP contribution >= 0.6 is 0 Å². The van der Waals surface area contributed by atoms with Gasteiger partial charge in [0.15, 0.2) is 6.04 Å². The monoisotopic (exact) mass is 211 g/mol. The summed E-state index contributed by atoms with van der Waals surface area (Å²) in [5, 5.41) is 0. The summed E-state index contributed by atoms with van der Waals surface area (Å²) in [5.74, 6) is 0.106. The molecular weight excluding hydrogens is 194 g/mol. The van der Waals surface area contributed by atoms with Crippen LogP contribution in [0.15, 0.2) is 12.4 Å². The van der Waals surface area contributed by atoms with Crippen molar-refractivity contribution in [2.24, 2.45) is 5.73 Å². The van der Waals surface area contributed by atoms with E-state index in [0.29, 0.717) is 12.4 Å². The highest BCUT2D eigenvalue weighted by Gasteiger charge is 2.22. The first-order valence-corrected chi connectivity index (χ1v) is 5.02. The Hall–Kier alpha value is -1.36. The van der Waals surface area contributed by atoms with Crippen molar-refractivity contribution in [1.82, 2.24) is 9.55 Å². The number of carbonyl (C=O) groups is 1. The van der Waals surface area contributed by atoms with Gasteiger partial charge in [0.1, 0.15) is 5.82 Å². The number of rotatable bonds is 4. The number of ether oxygens (including phenoxy) is 1. The Morgan fingerprint density at radius 1 is 1.67 bits per heavy atom. The molecular formula is C10H17N3O2. The summed E-state index contributed by atoms with van der Waals surface area (Å²) in [6.45, 7) is 6.08. The Morgan fingerprint density at radius 2 is 2.33 bits per heavy atom. The third kappa shape index (κ3) is 2.56. The van der Waals surface area contributed by atoms with Crippen molar-refractivity contribution in [2.75, 3.05) is 6.61 Å². The number of nitrogens with two attached hydrogens (primary N) is 1. The third-order valence-corrected chi connectivity index (χ3v) is 2.07. The molecule has 0 saturated carbocycles. The molecule has 0 aromatic carbocycles. The number of imidazole rings is 1. The van der Waals surface area contributed by atoms with Gasteiger partial charge in [-0.15, -0.1) is 0 Å². The van der Waals surface area contributed by atoms with Crippen LogP contribution in [0.5, 0.6) is 0 Å². The molecule has 0 aliphatic carbocycles. The van der Waals surface area contributed by atoms with Crippen molar-refractivity contribution in [3.8, 4) is 0 Å². The molecule has 0 saturated heterocycles. The van der Waals surface area contributed by atoms with Gasteiger partial charge in [0, 0.05) is 18.4 Å². The zero-order chi connectivity index (χ0) is 11.4. The Balaban J connectivity index is 2.85. The van der Waals surface area contributed by atoms with Crippen LogP contribution in [0.3, 0.4) is 0 Å². The standard InChI is InChI=1S/C10H17N3O2/c1-4-15-10(14)8(11)9-12-5-6-13(9)7(2)3/h5-8H,4,11H2,1-3H3. The van der Waals surface area contributed by atoms with Crippen LogP contribution in [0.1, 0.15) is 38.7 Å². The average Bonchev–Trinajstić information content (AvgIpc) is 2.65. The predicted molar refractivity (Wildman–Crippen MR) is 56.2 cm³/mol. The van der Waals surface area contributed by atoms with Gasteiger partial charge in [-0.1, -0.05) is 0 Å². The summed E-state index contributed by atoms with van der Waals surface area (Å²) in [4.78, 5) is 15.5. The van der Waals surface area contributed by atoms with Gasteiger partial charge in [0.05, 0.1) is 6.61 Å². The minimum Gasteiger partial charge on any atom is -0.464 e. The first kappa shape index (κ1) is 11.7. The van der Waals surface area contributed by atoms with Gasteiger partial charge in [-0.2, -0.15) is 0 Å². The highest BCUT2D eigenvalue weighted by Crippen LogP contribution is 2.14. The molecule has 0 aliphatic heterocycles. The zero-order valence-corrected chi connectivity index (χ0v) is 9.30. The number of carbonyl (C=O) groups excluding carboxylic acids is 1. The Morgan fingerprint density at radius 3 is 2.87 bits per heavy atom. The van der Waals surface area contributed by atoms with E-state index in [4.69, 9.17) is 10.5 Å². The van der Waals surface area contributed by atoms with Crippen LogP contribution in [0.2, 0.25) is 0 Å². The van der Waals surface area contributed by atoms with Gasteiger partial charge in [-0.3, -0.25) is 0 Å². The Labute approximate surface area is 89.2 Å². The lowest BCUT2D eigenvalue weighted by molar-refractivity contribution is -0.145. The fourth-order valence-electron chi connectivity index (χ4n) is 1.34. The molecule has 1 aromatic rings. The van der Waals surface area contributed by atoms with E-state index >= 15 is 0 Å². The van der Waals surface area contributed by atoms with E-state index in [1.165, 1.54) is 0 Å². The van der Waals surface area contributed by atoms with Gasteiger partial charge >= 0.3 is 5.97 Å². The summed E-state index contributed by atoms with van der Waals surface area (Å²) in [6, 6.07) is -0.578. The quantitative estimate of drug-likeness (QED) is 0.755. The van der Waals surface area contributed by atoms with E-state index in [-0.39, 0.29) is 6.04 Å². The molecule has 15 heavy (non-hydrogen) atoms. The highest BCUT2D eigenvalue weighted by molar-refractivity contribution is 5.76. The van der Waals surface area contributed by atoms with Crippen molar-refractivity contribution in [3.63, 3.8) is 0 Å². The molecule has 0 amide bonds. The molecule has 1 unspecified atom stereocenters. The largest absolute Gasteiger partial charge is 0.464 e. The van der Waals surface area contributed by atoms with Crippen molar-refractivity contribution in [2.45, 2.75) is 32.9 Å². The fourth-order valence-corrected chi connectivity index (χ4v) is 1.34. The van der Waals surface area contributed by atoms with Crippen molar-refractivity contribution in [3.05, 3.63) is 18.2 Å². The molecule has 1 aromatic heterocycles. The molecule has 5 nitrogen and oxygen atoms in total. The summed E-state index contributed by atoms with van der Waals surface area (Å²) in [5.41, 5.74) is 5.75. The van der Waals surface area contributed by atoms with Crippen LogP contribution in [0.4, 0.5) is 0 Å². The minimum atomic E-state index is -0.803. The van der Waals surface area contributed by atoms with Gasteiger partial charge < -0.3 is 15.0 Å². The second-order valence-electron chi connectivity index (χ2n) is 3.52. The second-order valence-corrected chi connectivity index (χ2v) is 3.52. The number of nitrogens with zero attached hydrogens (tertiary/aromatic N) is 2. The van der Waals surface area contributed by atoms with Crippen molar-refractivity contribution >= 4 is 5.97 Å². The lowest BCUT2D eigenvalue weighted by atomic mass is 10.2. The molecule has 0 aliphatic rings. The third-order valence-electron chi connectivity index (χ3n) is 2.07. The molecule has 84 valence electrons. The molecule has 2 N–H and O–H groups in total. The average molecular weight is 211 g/mol. The van der Waals surface area contributed by atoms with E-state index in [9.17, 15) is 4.79 Å². The van der Waals surface area contributed by atoms with Crippen LogP contribution in [0, 0.1) is 0 Å². The predicted octanol–water partition coefficient (Wildman–Crippen LogP) is 1.03. The molecule has 0 spiro atoms. The van der Waals surface area contributed by atoms with Crippen LogP contribution in [-0.4, -0.2) is 22.1 Å². The maximum Gasteiger partial charge on any atom is 0.330 e. The molecule has 1 atom stereocenters. The van der Waals surface area contributed by atoms with E-state index in [2.05, 4.69) is 4.98 Å². The topological polar surface area (TPSA) is 70.1 Å². The number of hydrogen-bond donors (Lipinski definition) is 1. The smallest absolute Gasteiger partial charge is 0.330 e. The van der Waals surface area contributed by atoms with E-state index in [0.717, 1.165) is 0 Å². The molecule has 5 heteroatoms. The summed E-state index contributed by atoms with van der Waals surface area (Å²) >= 11 is 0. The number of aromatic nitrogens is 2. The maximum atomic E-state index is 11.4. The van der Waals surface area contributed by atoms with E-state index < -0.39 is 12.0 Å². The lowest BCUT2D eigenvalue weighted by Gasteiger charge is -2.15. The summed E-state index contributed by atoms with van der Waals surface area (Å²) in [6.07, 6.45) is 3.44. The number of esters is 1. The first-order valence-electron chi connectivity index (χ1n) is 5.02. The highest BCUT2D eigenvalue weighted by atomic mass is 16.5. The zero-order valence-electron chi connectivity index (χ0n) is 9.30. The van der Waals surface area contributed by atoms with Crippen LogP contribution in [-0.2, 0) is 9.53 Å². The molecule has 1 rings (SSSR count). The molecule has 0 radical (unpaired) electrons. The van der Waals surface area contributed by atoms with E-state index in [1.54, 1.807) is 19.3 Å². The molecule has 0 bridgehead atoms. The number of hydrogen-bond acceptors (Lipinski definition) is 4. The Bertz CT molecular complexity index is 333. The van der Waals surface area contributed by atoms with Gasteiger partial charge in [-0.25, -0.2) is 9.78 Å². The first-order chi connectivity index (χ1) is 7.07. The van der Waals surface area contributed by atoms with Gasteiger partial charge in [0.2, 0.25) is 0 Å². The van der Waals surface area contributed by atoms with Crippen molar-refractivity contribution in [1.29, 1.82) is 0 Å².